The number of rotatable bonds is 11. The summed E-state index contributed by atoms with van der Waals surface area (Å²) in [5.41, 5.74) is 10.8. The summed E-state index contributed by atoms with van der Waals surface area (Å²) in [7, 11) is 0. The molecule has 2 N–H and O–H groups in total. The minimum Gasteiger partial charge on any atom is -0.507 e. The summed E-state index contributed by atoms with van der Waals surface area (Å²) in [5, 5.41) is 36.1. The topological polar surface area (TPSA) is 149 Å². The van der Waals surface area contributed by atoms with Crippen molar-refractivity contribution in [2.24, 2.45) is 5.92 Å². The normalized spacial score (nSPS) is 17.9. The molecule has 1 unspecified atom stereocenters. The quantitative estimate of drug-likeness (QED) is 0.128. The Morgan fingerprint density at radius 1 is 0.897 bits per heavy atom. The van der Waals surface area contributed by atoms with E-state index in [9.17, 15) is 19.8 Å². The molecule has 0 saturated carbocycles. The van der Waals surface area contributed by atoms with E-state index in [0.717, 1.165) is 69.0 Å². The number of amides is 2. The first-order chi connectivity index (χ1) is 32.5. The Hall–Kier alpha value is -5.96. The number of phenols is 1. The molecule has 0 radical (unpaired) electrons. The number of phenolic OH excluding ortho intramolecular Hbond substituents is 1. The zero-order valence-electron chi connectivity index (χ0n) is 40.4. The van der Waals surface area contributed by atoms with Crippen molar-refractivity contribution in [3.8, 4) is 38.7 Å². The second-order valence-electron chi connectivity index (χ2n) is 20.0. The van der Waals surface area contributed by atoms with Gasteiger partial charge in [0.1, 0.15) is 34.0 Å². The van der Waals surface area contributed by atoms with E-state index in [-0.39, 0.29) is 42.5 Å². The molecule has 2 aliphatic heterocycles. The number of β-amino-alcohol motifs (C(OH)–C–C–N with tert-alkyl or cyclic N) is 1. The van der Waals surface area contributed by atoms with Crippen molar-refractivity contribution in [1.82, 2.24) is 30.1 Å². The third kappa shape index (κ3) is 9.05. The maximum atomic E-state index is 14.8. The predicted molar refractivity (Wildman–Crippen MR) is 271 cm³/mol. The molecule has 6 heterocycles. The number of carbonyl (C=O) groups excluding carboxylic acids is 2. The van der Waals surface area contributed by atoms with E-state index in [1.54, 1.807) is 39.7 Å². The van der Waals surface area contributed by atoms with Crippen LogP contribution in [0.3, 0.4) is 0 Å². The molecule has 0 aliphatic carbocycles. The van der Waals surface area contributed by atoms with Crippen molar-refractivity contribution in [1.29, 1.82) is 0 Å². The fourth-order valence-corrected chi connectivity index (χ4v) is 12.6. The SMILES string of the molecule is Cc1cc(-c2cc(C(C(=O)N3C[C@H](O)C[C@H]3C(=O)N([C@@H](C)c3ccc(-c4scnc4C)cc3)C(C)(C)C)C(C)C)on2)ccc1N1CCC(c2sc3nnc(-c4ccccc4O)cc3c2C)CC1. The minimum absolute atomic E-state index is 0.0622. The van der Waals surface area contributed by atoms with E-state index in [0.29, 0.717) is 28.6 Å². The number of aromatic nitrogens is 4. The number of aromatic hydroxyl groups is 1. The smallest absolute Gasteiger partial charge is 0.246 e. The van der Waals surface area contributed by atoms with Gasteiger partial charge in [0.2, 0.25) is 11.8 Å². The zero-order chi connectivity index (χ0) is 48.2. The third-order valence-corrected chi connectivity index (χ3v) is 16.3. The number of thiophene rings is 1. The van der Waals surface area contributed by atoms with Crippen LogP contribution in [-0.4, -0.2) is 89.5 Å². The van der Waals surface area contributed by atoms with Crippen LogP contribution in [0.5, 0.6) is 5.75 Å². The molecule has 0 bridgehead atoms. The summed E-state index contributed by atoms with van der Waals surface area (Å²) in [5.74, 6) is -0.278. The van der Waals surface area contributed by atoms with Crippen molar-refractivity contribution in [2.45, 2.75) is 117 Å². The van der Waals surface area contributed by atoms with Gasteiger partial charge in [-0.3, -0.25) is 9.59 Å². The number of para-hydroxylation sites is 1. The Bertz CT molecular complexity index is 2960. The van der Waals surface area contributed by atoms with Crippen LogP contribution < -0.4 is 4.90 Å². The molecule has 14 heteroatoms. The van der Waals surface area contributed by atoms with Gasteiger partial charge in [-0.1, -0.05) is 61.5 Å². The molecule has 9 rings (SSSR count). The van der Waals surface area contributed by atoms with Gasteiger partial charge in [-0.05, 0) is 126 Å². The van der Waals surface area contributed by atoms with Crippen molar-refractivity contribution < 1.29 is 24.3 Å². The van der Waals surface area contributed by atoms with E-state index >= 15 is 0 Å². The Morgan fingerprint density at radius 2 is 1.62 bits per heavy atom. The standard InChI is InChI=1S/C54H61N7O5S2/c1-30(2)48(53(65)60-28-39(62)25-45(60)52(64)61(54(7,8)9)34(6)35-14-16-36(17-15-35)50-33(5)55-29-67-50)47-27-42(58-66-47)38-18-19-44(31(3)24-38)59-22-20-37(21-23-59)49-32(4)41-26-43(56-57-51(41)68-49)40-12-10-11-13-46(40)63/h10-19,24,26-27,29-30,34,37,39,45,48,62-63H,20-23,25,28H2,1-9H3/t34-,39+,45-,48?/m0/s1. The molecular formula is C54H61N7O5S2. The van der Waals surface area contributed by atoms with Crippen LogP contribution >= 0.6 is 22.7 Å². The lowest BCUT2D eigenvalue weighted by Gasteiger charge is -2.43. The summed E-state index contributed by atoms with van der Waals surface area (Å²) in [6.07, 6.45) is 1.35. The summed E-state index contributed by atoms with van der Waals surface area (Å²) < 4.78 is 6.01. The average molecular weight is 952 g/mol. The monoisotopic (exact) mass is 951 g/mol. The summed E-state index contributed by atoms with van der Waals surface area (Å²) in [4.78, 5) is 43.3. The first-order valence-electron chi connectivity index (χ1n) is 23.7. The number of hydrogen-bond donors (Lipinski definition) is 2. The van der Waals surface area contributed by atoms with Crippen LogP contribution in [0.1, 0.15) is 112 Å². The van der Waals surface area contributed by atoms with Crippen LogP contribution in [0, 0.1) is 26.7 Å². The summed E-state index contributed by atoms with van der Waals surface area (Å²) in [6.45, 7) is 20.2. The van der Waals surface area contributed by atoms with Crippen molar-refractivity contribution >= 4 is 50.4 Å². The number of likely N-dealkylation sites (tertiary alicyclic amines) is 1. The van der Waals surface area contributed by atoms with Gasteiger partial charge in [0.25, 0.3) is 0 Å². The van der Waals surface area contributed by atoms with Crippen LogP contribution in [-0.2, 0) is 9.59 Å². The van der Waals surface area contributed by atoms with E-state index in [2.05, 4.69) is 87.6 Å². The molecule has 354 valence electrons. The lowest BCUT2D eigenvalue weighted by molar-refractivity contribution is -0.150. The lowest BCUT2D eigenvalue weighted by atomic mass is 9.90. The molecule has 0 spiro atoms. The Morgan fingerprint density at radius 3 is 2.28 bits per heavy atom. The molecule has 3 aromatic carbocycles. The molecule has 4 atom stereocenters. The van der Waals surface area contributed by atoms with Crippen LogP contribution in [0.25, 0.3) is 43.2 Å². The van der Waals surface area contributed by atoms with E-state index in [4.69, 9.17) is 4.52 Å². The summed E-state index contributed by atoms with van der Waals surface area (Å²) in [6, 6.07) is 24.7. The van der Waals surface area contributed by atoms with Crippen LogP contribution in [0.4, 0.5) is 5.69 Å². The number of nitrogens with zero attached hydrogens (tertiary/aromatic N) is 7. The molecule has 4 aromatic heterocycles. The molecule has 2 amide bonds. The number of benzene rings is 3. The first kappa shape index (κ1) is 47.1. The highest BCUT2D eigenvalue weighted by molar-refractivity contribution is 7.19. The highest BCUT2D eigenvalue weighted by Gasteiger charge is 2.47. The second-order valence-corrected chi connectivity index (χ2v) is 21.9. The first-order valence-corrected chi connectivity index (χ1v) is 25.4. The maximum Gasteiger partial charge on any atom is 0.246 e. The van der Waals surface area contributed by atoms with Gasteiger partial charge < -0.3 is 29.4 Å². The number of thiazole rings is 1. The van der Waals surface area contributed by atoms with Gasteiger partial charge in [-0.15, -0.1) is 32.9 Å². The molecule has 2 saturated heterocycles. The Kier molecular flexibility index (Phi) is 13.1. The van der Waals surface area contributed by atoms with Crippen LogP contribution in [0.15, 0.2) is 88.9 Å². The fraction of sp³-hybridized carbons (Fsp3) is 0.407. The number of carbonyl (C=O) groups is 2. The third-order valence-electron chi connectivity index (χ3n) is 14.0. The summed E-state index contributed by atoms with van der Waals surface area (Å²) >= 11 is 3.34. The number of piperidine rings is 1. The molecule has 12 nitrogen and oxygen atoms in total. The highest BCUT2D eigenvalue weighted by Crippen LogP contribution is 2.43. The fourth-order valence-electron chi connectivity index (χ4n) is 10.5. The molecule has 2 fully saturated rings. The zero-order valence-corrected chi connectivity index (χ0v) is 42.0. The second kappa shape index (κ2) is 18.9. The minimum atomic E-state index is -0.838. The number of aliphatic hydroxyl groups excluding tert-OH is 1. The number of anilines is 1. The largest absolute Gasteiger partial charge is 0.507 e. The highest BCUT2D eigenvalue weighted by atomic mass is 32.1. The molecule has 68 heavy (non-hydrogen) atoms. The maximum absolute atomic E-state index is 14.8. The Labute approximate surface area is 406 Å². The molecule has 7 aromatic rings. The van der Waals surface area contributed by atoms with Gasteiger partial charge in [0.05, 0.1) is 33.9 Å². The number of aryl methyl sites for hydroxylation is 3. The van der Waals surface area contributed by atoms with Gasteiger partial charge in [-0.25, -0.2) is 4.98 Å². The molecular weight excluding hydrogens is 891 g/mol. The van der Waals surface area contributed by atoms with E-state index in [1.165, 1.54) is 16.1 Å². The van der Waals surface area contributed by atoms with Crippen LogP contribution in [0.2, 0.25) is 0 Å². The van der Waals surface area contributed by atoms with Gasteiger partial charge >= 0.3 is 0 Å². The van der Waals surface area contributed by atoms with Crippen molar-refractivity contribution in [3.05, 3.63) is 117 Å². The van der Waals surface area contributed by atoms with Gasteiger partial charge in [0, 0.05) is 64.7 Å². The van der Waals surface area contributed by atoms with Gasteiger partial charge in [-0.2, -0.15) is 0 Å². The Balaban J connectivity index is 0.880. The molecule has 2 aliphatic rings. The van der Waals surface area contributed by atoms with E-state index < -0.39 is 23.6 Å². The predicted octanol–water partition coefficient (Wildman–Crippen LogP) is 11.2. The van der Waals surface area contributed by atoms with Gasteiger partial charge in [0.15, 0.2) is 0 Å². The van der Waals surface area contributed by atoms with Crippen molar-refractivity contribution in [3.63, 3.8) is 0 Å². The van der Waals surface area contributed by atoms with Crippen molar-refractivity contribution in [2.75, 3.05) is 24.5 Å². The lowest BCUT2D eigenvalue weighted by Crippen LogP contribution is -2.55. The average Bonchev–Trinajstić information content (AvgIpc) is 4.13. The number of fused-ring (bicyclic) bond motifs is 1. The van der Waals surface area contributed by atoms with E-state index in [1.807, 2.05) is 77.1 Å². The number of aliphatic hydroxyl groups is 1. The number of hydrogen-bond acceptors (Lipinski definition) is 12.